The predicted octanol–water partition coefficient (Wildman–Crippen LogP) is 4.45. The molecule has 1 heterocycles. The SMILES string of the molecule is CCOc1ccccc1OC1CCN(C(=O)c2cccc(COc3ccccc3C(N)=O)c2)CC1. The van der Waals surface area contributed by atoms with Crippen LogP contribution in [0.4, 0.5) is 0 Å². The highest BCUT2D eigenvalue weighted by Crippen LogP contribution is 2.29. The zero-order valence-corrected chi connectivity index (χ0v) is 19.8. The van der Waals surface area contributed by atoms with E-state index in [1.165, 1.54) is 0 Å². The number of carbonyl (C=O) groups is 2. The molecule has 3 aromatic carbocycles. The van der Waals surface area contributed by atoms with E-state index in [0.29, 0.717) is 36.6 Å². The van der Waals surface area contributed by atoms with Crippen LogP contribution in [0, 0.1) is 0 Å². The second kappa shape index (κ2) is 11.4. The molecule has 7 heteroatoms. The van der Waals surface area contributed by atoms with Gasteiger partial charge < -0.3 is 24.8 Å². The van der Waals surface area contributed by atoms with Crippen molar-refractivity contribution < 1.29 is 23.8 Å². The molecule has 0 bridgehead atoms. The van der Waals surface area contributed by atoms with Gasteiger partial charge in [-0.25, -0.2) is 0 Å². The zero-order valence-electron chi connectivity index (χ0n) is 19.8. The number of nitrogens with two attached hydrogens (primary N) is 1. The minimum Gasteiger partial charge on any atom is -0.490 e. The summed E-state index contributed by atoms with van der Waals surface area (Å²) in [5.74, 6) is 1.34. The fraction of sp³-hybridized carbons (Fsp3) is 0.286. The molecule has 1 fully saturated rings. The molecule has 3 aromatic rings. The van der Waals surface area contributed by atoms with Gasteiger partial charge in [-0.2, -0.15) is 0 Å². The highest BCUT2D eigenvalue weighted by atomic mass is 16.5. The first-order chi connectivity index (χ1) is 17.0. The summed E-state index contributed by atoms with van der Waals surface area (Å²) in [5.41, 5.74) is 7.19. The number of nitrogens with zero attached hydrogens (tertiary/aromatic N) is 1. The Labute approximate surface area is 205 Å². The first-order valence-corrected chi connectivity index (χ1v) is 11.8. The van der Waals surface area contributed by atoms with Gasteiger partial charge in [0.1, 0.15) is 18.5 Å². The summed E-state index contributed by atoms with van der Waals surface area (Å²) in [4.78, 5) is 26.6. The van der Waals surface area contributed by atoms with Gasteiger partial charge in [-0.15, -0.1) is 0 Å². The van der Waals surface area contributed by atoms with Crippen LogP contribution in [-0.4, -0.2) is 42.5 Å². The van der Waals surface area contributed by atoms with E-state index < -0.39 is 5.91 Å². The fourth-order valence-corrected chi connectivity index (χ4v) is 4.11. The van der Waals surface area contributed by atoms with Crippen LogP contribution < -0.4 is 19.9 Å². The molecular weight excluding hydrogens is 444 g/mol. The molecule has 2 amide bonds. The molecule has 2 N–H and O–H groups in total. The van der Waals surface area contributed by atoms with E-state index >= 15 is 0 Å². The minimum atomic E-state index is -0.543. The van der Waals surface area contributed by atoms with Gasteiger partial charge in [0.15, 0.2) is 11.5 Å². The standard InChI is InChI=1S/C28H30N2O5/c1-2-33-25-12-5-6-13-26(25)35-22-14-16-30(17-15-22)28(32)21-9-7-8-20(18-21)19-34-24-11-4-3-10-23(24)27(29)31/h3-13,18,22H,2,14-17,19H2,1H3,(H2,29,31). The van der Waals surface area contributed by atoms with Crippen molar-refractivity contribution in [2.75, 3.05) is 19.7 Å². The molecule has 0 radical (unpaired) electrons. The number of hydrogen-bond acceptors (Lipinski definition) is 5. The minimum absolute atomic E-state index is 0.0162. The number of hydrogen-bond donors (Lipinski definition) is 1. The van der Waals surface area contributed by atoms with Crippen molar-refractivity contribution in [1.29, 1.82) is 0 Å². The van der Waals surface area contributed by atoms with Crippen molar-refractivity contribution in [2.24, 2.45) is 5.73 Å². The predicted molar refractivity (Wildman–Crippen MR) is 133 cm³/mol. The summed E-state index contributed by atoms with van der Waals surface area (Å²) in [6.45, 7) is 3.98. The second-order valence-electron chi connectivity index (χ2n) is 8.34. The molecule has 4 rings (SSSR count). The highest BCUT2D eigenvalue weighted by Gasteiger charge is 2.25. The van der Waals surface area contributed by atoms with E-state index in [2.05, 4.69) is 0 Å². The van der Waals surface area contributed by atoms with E-state index in [0.717, 1.165) is 29.9 Å². The number of ether oxygens (including phenoxy) is 3. The smallest absolute Gasteiger partial charge is 0.253 e. The number of benzene rings is 3. The summed E-state index contributed by atoms with van der Waals surface area (Å²) in [6.07, 6.45) is 1.53. The molecule has 35 heavy (non-hydrogen) atoms. The molecule has 0 aliphatic carbocycles. The van der Waals surface area contributed by atoms with Crippen LogP contribution in [-0.2, 0) is 6.61 Å². The number of likely N-dealkylation sites (tertiary alicyclic amines) is 1. The van der Waals surface area contributed by atoms with Gasteiger partial charge in [-0.1, -0.05) is 36.4 Å². The molecule has 0 unspecified atom stereocenters. The van der Waals surface area contributed by atoms with Gasteiger partial charge >= 0.3 is 0 Å². The monoisotopic (exact) mass is 474 g/mol. The van der Waals surface area contributed by atoms with Crippen molar-refractivity contribution in [3.05, 3.63) is 89.5 Å². The summed E-state index contributed by atoms with van der Waals surface area (Å²) in [6, 6.07) is 21.9. The van der Waals surface area contributed by atoms with Crippen LogP contribution in [0.3, 0.4) is 0 Å². The van der Waals surface area contributed by atoms with Crippen LogP contribution in [0.5, 0.6) is 17.2 Å². The van der Waals surface area contributed by atoms with Gasteiger partial charge in [0, 0.05) is 31.5 Å². The lowest BCUT2D eigenvalue weighted by Gasteiger charge is -2.32. The Bertz CT molecular complexity index is 1170. The average Bonchev–Trinajstić information content (AvgIpc) is 2.89. The Kier molecular flexibility index (Phi) is 7.88. The molecular formula is C28H30N2O5. The van der Waals surface area contributed by atoms with Gasteiger partial charge in [-0.3, -0.25) is 9.59 Å². The fourth-order valence-electron chi connectivity index (χ4n) is 4.11. The lowest BCUT2D eigenvalue weighted by molar-refractivity contribution is 0.0589. The van der Waals surface area contributed by atoms with E-state index in [4.69, 9.17) is 19.9 Å². The molecule has 0 aromatic heterocycles. The van der Waals surface area contributed by atoms with Crippen LogP contribution in [0.15, 0.2) is 72.8 Å². The Hall–Kier alpha value is -4.00. The van der Waals surface area contributed by atoms with Crippen molar-refractivity contribution in [3.8, 4) is 17.2 Å². The third-order valence-corrected chi connectivity index (χ3v) is 5.89. The number of piperidine rings is 1. The largest absolute Gasteiger partial charge is 0.490 e. The maximum absolute atomic E-state index is 13.1. The van der Waals surface area contributed by atoms with Crippen LogP contribution >= 0.6 is 0 Å². The van der Waals surface area contributed by atoms with E-state index in [-0.39, 0.29) is 18.6 Å². The Morgan fingerprint density at radius 3 is 2.29 bits per heavy atom. The first kappa shape index (κ1) is 24.1. The van der Waals surface area contributed by atoms with Gasteiger partial charge in [0.2, 0.25) is 0 Å². The van der Waals surface area contributed by atoms with Crippen LogP contribution in [0.2, 0.25) is 0 Å². The summed E-state index contributed by atoms with van der Waals surface area (Å²) in [5, 5.41) is 0. The third kappa shape index (κ3) is 6.12. The Morgan fingerprint density at radius 1 is 0.886 bits per heavy atom. The summed E-state index contributed by atoms with van der Waals surface area (Å²) in [7, 11) is 0. The van der Waals surface area contributed by atoms with Crippen molar-refractivity contribution in [2.45, 2.75) is 32.5 Å². The van der Waals surface area contributed by atoms with Crippen molar-refractivity contribution in [1.82, 2.24) is 4.90 Å². The number of carbonyl (C=O) groups excluding carboxylic acids is 2. The zero-order chi connectivity index (χ0) is 24.6. The van der Waals surface area contributed by atoms with Gasteiger partial charge in [0.05, 0.1) is 12.2 Å². The highest BCUT2D eigenvalue weighted by molar-refractivity contribution is 5.95. The lowest BCUT2D eigenvalue weighted by Crippen LogP contribution is -2.41. The van der Waals surface area contributed by atoms with Crippen LogP contribution in [0.1, 0.15) is 46.0 Å². The molecule has 1 aliphatic rings. The molecule has 1 saturated heterocycles. The number of amides is 2. The lowest BCUT2D eigenvalue weighted by atomic mass is 10.0. The Morgan fingerprint density at radius 2 is 1.57 bits per heavy atom. The van der Waals surface area contributed by atoms with Gasteiger partial charge in [-0.05, 0) is 48.9 Å². The molecule has 0 spiro atoms. The average molecular weight is 475 g/mol. The molecule has 182 valence electrons. The normalized spacial score (nSPS) is 13.8. The topological polar surface area (TPSA) is 91.1 Å². The van der Waals surface area contributed by atoms with Crippen molar-refractivity contribution in [3.63, 3.8) is 0 Å². The molecule has 1 aliphatic heterocycles. The Balaban J connectivity index is 1.34. The maximum atomic E-state index is 13.1. The first-order valence-electron chi connectivity index (χ1n) is 11.8. The number of primary amides is 1. The molecule has 0 atom stereocenters. The third-order valence-electron chi connectivity index (χ3n) is 5.89. The van der Waals surface area contributed by atoms with Crippen LogP contribution in [0.25, 0.3) is 0 Å². The van der Waals surface area contributed by atoms with E-state index in [1.807, 2.05) is 60.4 Å². The van der Waals surface area contributed by atoms with Crippen molar-refractivity contribution >= 4 is 11.8 Å². The maximum Gasteiger partial charge on any atom is 0.253 e. The van der Waals surface area contributed by atoms with E-state index in [9.17, 15) is 9.59 Å². The van der Waals surface area contributed by atoms with E-state index in [1.54, 1.807) is 24.3 Å². The molecule has 0 saturated carbocycles. The quantitative estimate of drug-likeness (QED) is 0.495. The molecule has 7 nitrogen and oxygen atoms in total. The number of rotatable bonds is 9. The number of para-hydroxylation sites is 3. The summed E-state index contributed by atoms with van der Waals surface area (Å²) >= 11 is 0. The second-order valence-corrected chi connectivity index (χ2v) is 8.34. The van der Waals surface area contributed by atoms with Gasteiger partial charge in [0.25, 0.3) is 11.8 Å². The summed E-state index contributed by atoms with van der Waals surface area (Å²) < 4.78 is 17.6.